The Morgan fingerprint density at radius 2 is 2.22 bits per heavy atom. The van der Waals surface area contributed by atoms with E-state index in [2.05, 4.69) is 5.32 Å². The molecule has 0 amide bonds. The molecule has 2 rings (SSSR count). The van der Waals surface area contributed by atoms with Crippen molar-refractivity contribution in [1.82, 2.24) is 5.32 Å². The molecule has 0 saturated carbocycles. The van der Waals surface area contributed by atoms with Crippen molar-refractivity contribution in [2.24, 2.45) is 0 Å². The van der Waals surface area contributed by atoms with E-state index < -0.39 is 0 Å². The van der Waals surface area contributed by atoms with E-state index in [1.807, 2.05) is 18.2 Å². The van der Waals surface area contributed by atoms with Gasteiger partial charge < -0.3 is 19.5 Å². The number of methoxy groups -OCH3 is 2. The van der Waals surface area contributed by atoms with Gasteiger partial charge in [0.15, 0.2) is 0 Å². The van der Waals surface area contributed by atoms with Crippen molar-refractivity contribution in [3.63, 3.8) is 0 Å². The van der Waals surface area contributed by atoms with Crippen molar-refractivity contribution in [2.45, 2.75) is 18.9 Å². The second-order valence-electron chi connectivity index (χ2n) is 4.44. The summed E-state index contributed by atoms with van der Waals surface area (Å²) in [6.07, 6.45) is 2.00. The van der Waals surface area contributed by atoms with Gasteiger partial charge in [-0.3, -0.25) is 0 Å². The third-order valence-electron chi connectivity index (χ3n) is 3.25. The highest BCUT2D eigenvalue weighted by Gasteiger charge is 2.14. The molecule has 0 bridgehead atoms. The van der Waals surface area contributed by atoms with Crippen LogP contribution < -0.4 is 14.8 Å². The number of morpholine rings is 1. The quantitative estimate of drug-likeness (QED) is 0.863. The Balaban J connectivity index is 1.97. The molecule has 100 valence electrons. The lowest BCUT2D eigenvalue weighted by molar-refractivity contribution is 0.0743. The maximum atomic E-state index is 5.45. The zero-order valence-electron chi connectivity index (χ0n) is 11.1. The normalized spacial score (nSPS) is 19.6. The largest absolute Gasteiger partial charge is 0.497 e. The Morgan fingerprint density at radius 1 is 1.33 bits per heavy atom. The van der Waals surface area contributed by atoms with Gasteiger partial charge in [0.1, 0.15) is 11.5 Å². The minimum absolute atomic E-state index is 0.439. The van der Waals surface area contributed by atoms with Crippen LogP contribution >= 0.6 is 0 Å². The van der Waals surface area contributed by atoms with Crippen molar-refractivity contribution in [3.8, 4) is 11.5 Å². The molecule has 0 aromatic heterocycles. The van der Waals surface area contributed by atoms with Crippen LogP contribution in [-0.4, -0.2) is 40.0 Å². The van der Waals surface area contributed by atoms with E-state index in [1.54, 1.807) is 14.2 Å². The van der Waals surface area contributed by atoms with Crippen molar-refractivity contribution >= 4 is 0 Å². The number of rotatable bonds is 5. The molecule has 1 N–H and O–H groups in total. The molecule has 1 saturated heterocycles. The van der Waals surface area contributed by atoms with E-state index in [9.17, 15) is 0 Å². The van der Waals surface area contributed by atoms with Crippen LogP contribution in [0.4, 0.5) is 0 Å². The molecule has 1 fully saturated rings. The smallest absolute Gasteiger partial charge is 0.122 e. The SMILES string of the molecule is COc1ccc(OC)c(CCC2COCCN2)c1. The number of ether oxygens (including phenoxy) is 3. The number of aryl methyl sites for hydroxylation is 1. The molecule has 1 unspecified atom stereocenters. The highest BCUT2D eigenvalue weighted by Crippen LogP contribution is 2.25. The lowest BCUT2D eigenvalue weighted by Crippen LogP contribution is -2.41. The van der Waals surface area contributed by atoms with Crippen LogP contribution in [0.25, 0.3) is 0 Å². The third-order valence-corrected chi connectivity index (χ3v) is 3.25. The summed E-state index contributed by atoms with van der Waals surface area (Å²) in [5.41, 5.74) is 1.18. The predicted octanol–water partition coefficient (Wildman–Crippen LogP) is 1.62. The van der Waals surface area contributed by atoms with E-state index in [4.69, 9.17) is 14.2 Å². The monoisotopic (exact) mass is 251 g/mol. The molecule has 0 spiro atoms. The Hall–Kier alpha value is -1.26. The molecule has 4 nitrogen and oxygen atoms in total. The van der Waals surface area contributed by atoms with Gasteiger partial charge in [0.2, 0.25) is 0 Å². The van der Waals surface area contributed by atoms with Crippen LogP contribution in [0.1, 0.15) is 12.0 Å². The predicted molar refractivity (Wildman–Crippen MR) is 70.5 cm³/mol. The first-order valence-corrected chi connectivity index (χ1v) is 6.35. The minimum atomic E-state index is 0.439. The molecule has 4 heteroatoms. The fraction of sp³-hybridized carbons (Fsp3) is 0.571. The van der Waals surface area contributed by atoms with E-state index in [-0.39, 0.29) is 0 Å². The van der Waals surface area contributed by atoms with Gasteiger partial charge in [-0.25, -0.2) is 0 Å². The number of benzene rings is 1. The van der Waals surface area contributed by atoms with Crippen molar-refractivity contribution in [1.29, 1.82) is 0 Å². The van der Waals surface area contributed by atoms with Crippen molar-refractivity contribution in [3.05, 3.63) is 23.8 Å². The van der Waals surface area contributed by atoms with Crippen LogP contribution in [0.3, 0.4) is 0 Å². The minimum Gasteiger partial charge on any atom is -0.497 e. The summed E-state index contributed by atoms with van der Waals surface area (Å²) in [6.45, 7) is 2.56. The summed E-state index contributed by atoms with van der Waals surface area (Å²) in [5.74, 6) is 1.80. The lowest BCUT2D eigenvalue weighted by Gasteiger charge is -2.24. The first-order chi connectivity index (χ1) is 8.83. The number of hydrogen-bond donors (Lipinski definition) is 1. The van der Waals surface area contributed by atoms with E-state index >= 15 is 0 Å². The molecule has 1 heterocycles. The maximum Gasteiger partial charge on any atom is 0.122 e. The summed E-state index contributed by atoms with van der Waals surface area (Å²) in [6, 6.07) is 6.36. The lowest BCUT2D eigenvalue weighted by atomic mass is 10.0. The molecule has 1 aliphatic rings. The number of nitrogens with one attached hydrogen (secondary N) is 1. The molecule has 0 aliphatic carbocycles. The molecule has 18 heavy (non-hydrogen) atoms. The average Bonchev–Trinajstić information content (AvgIpc) is 2.45. The maximum absolute atomic E-state index is 5.45. The van der Waals surface area contributed by atoms with Crippen LogP contribution in [0.15, 0.2) is 18.2 Å². The molecule has 1 aromatic carbocycles. The van der Waals surface area contributed by atoms with E-state index in [0.29, 0.717) is 6.04 Å². The zero-order valence-corrected chi connectivity index (χ0v) is 11.1. The molecular weight excluding hydrogens is 230 g/mol. The Bertz CT molecular complexity index is 375. The van der Waals surface area contributed by atoms with Crippen LogP contribution in [0, 0.1) is 0 Å². The Kier molecular flexibility index (Phi) is 4.84. The van der Waals surface area contributed by atoms with Crippen LogP contribution in [-0.2, 0) is 11.2 Å². The van der Waals surface area contributed by atoms with E-state index in [0.717, 1.165) is 44.1 Å². The summed E-state index contributed by atoms with van der Waals surface area (Å²) >= 11 is 0. The summed E-state index contributed by atoms with van der Waals surface area (Å²) < 4.78 is 16.1. The average molecular weight is 251 g/mol. The van der Waals surface area contributed by atoms with Gasteiger partial charge in [0.25, 0.3) is 0 Å². The Labute approximate surface area is 108 Å². The van der Waals surface area contributed by atoms with Gasteiger partial charge in [-0.1, -0.05) is 0 Å². The van der Waals surface area contributed by atoms with Crippen LogP contribution in [0.2, 0.25) is 0 Å². The van der Waals surface area contributed by atoms with Gasteiger partial charge in [0, 0.05) is 12.6 Å². The number of hydrogen-bond acceptors (Lipinski definition) is 4. The highest BCUT2D eigenvalue weighted by molar-refractivity contribution is 5.40. The van der Waals surface area contributed by atoms with Gasteiger partial charge >= 0.3 is 0 Å². The zero-order chi connectivity index (χ0) is 12.8. The highest BCUT2D eigenvalue weighted by atomic mass is 16.5. The second-order valence-corrected chi connectivity index (χ2v) is 4.44. The fourth-order valence-electron chi connectivity index (χ4n) is 2.21. The summed E-state index contributed by atoms with van der Waals surface area (Å²) in [4.78, 5) is 0. The summed E-state index contributed by atoms with van der Waals surface area (Å²) in [7, 11) is 3.38. The second kappa shape index (κ2) is 6.61. The molecule has 1 aliphatic heterocycles. The van der Waals surface area contributed by atoms with Gasteiger partial charge in [0.05, 0.1) is 27.4 Å². The van der Waals surface area contributed by atoms with Gasteiger partial charge in [-0.2, -0.15) is 0 Å². The van der Waals surface area contributed by atoms with Crippen LogP contribution in [0.5, 0.6) is 11.5 Å². The Morgan fingerprint density at radius 3 is 2.89 bits per heavy atom. The van der Waals surface area contributed by atoms with Gasteiger partial charge in [-0.05, 0) is 36.6 Å². The summed E-state index contributed by atoms with van der Waals surface area (Å²) in [5, 5.41) is 3.46. The first kappa shape index (κ1) is 13.2. The topological polar surface area (TPSA) is 39.7 Å². The molecule has 1 atom stereocenters. The van der Waals surface area contributed by atoms with Crippen molar-refractivity contribution in [2.75, 3.05) is 34.0 Å². The van der Waals surface area contributed by atoms with E-state index in [1.165, 1.54) is 5.56 Å². The fourth-order valence-corrected chi connectivity index (χ4v) is 2.21. The first-order valence-electron chi connectivity index (χ1n) is 6.35. The molecule has 1 aromatic rings. The van der Waals surface area contributed by atoms with Crippen molar-refractivity contribution < 1.29 is 14.2 Å². The molecular formula is C14H21NO3. The standard InChI is InChI=1S/C14H21NO3/c1-16-13-5-6-14(17-2)11(9-13)3-4-12-10-18-8-7-15-12/h5-6,9,12,15H,3-4,7-8,10H2,1-2H3. The van der Waals surface area contributed by atoms with Gasteiger partial charge in [-0.15, -0.1) is 0 Å². The molecule has 0 radical (unpaired) electrons. The third kappa shape index (κ3) is 3.37.